The number of carbonyl (C=O) groups excluding carboxylic acids is 1. The van der Waals surface area contributed by atoms with E-state index in [4.69, 9.17) is 9.47 Å². The Morgan fingerprint density at radius 3 is 2.32 bits per heavy atom. The summed E-state index contributed by atoms with van der Waals surface area (Å²) in [5, 5.41) is 2.91. The molecule has 0 saturated carbocycles. The van der Waals surface area contributed by atoms with Crippen molar-refractivity contribution in [2.45, 2.75) is 6.54 Å². The number of ether oxygens (including phenoxy) is 2. The molecular formula is C21H26FN3O3. The van der Waals surface area contributed by atoms with Crippen molar-refractivity contribution in [2.24, 2.45) is 0 Å². The Balaban J connectivity index is 1.46. The molecule has 7 heteroatoms. The number of halogens is 1. The second-order valence-corrected chi connectivity index (χ2v) is 6.79. The standard InChI is InChI=1S/C21H26FN3O3/c1-27-18-7-8-19(20(13-18)28-2)23-21(26)15-25-11-9-24(10-12-25)14-16-3-5-17(22)6-4-16/h3-8,13H,9-12,14-15H2,1-2H3,(H,23,26). The Kier molecular flexibility index (Phi) is 6.84. The van der Waals surface area contributed by atoms with Gasteiger partial charge in [0.25, 0.3) is 0 Å². The number of hydrogen-bond acceptors (Lipinski definition) is 5. The minimum Gasteiger partial charge on any atom is -0.497 e. The van der Waals surface area contributed by atoms with Crippen LogP contribution in [0.4, 0.5) is 10.1 Å². The molecule has 2 aromatic rings. The SMILES string of the molecule is COc1ccc(NC(=O)CN2CCN(Cc3ccc(F)cc3)CC2)c(OC)c1. The van der Waals surface area contributed by atoms with E-state index in [1.807, 2.05) is 12.1 Å². The fraction of sp³-hybridized carbons (Fsp3) is 0.381. The average molecular weight is 387 g/mol. The molecule has 3 rings (SSSR count). The fourth-order valence-corrected chi connectivity index (χ4v) is 3.25. The number of nitrogens with one attached hydrogen (secondary N) is 1. The Bertz CT molecular complexity index is 790. The predicted octanol–water partition coefficient (Wildman–Crippen LogP) is 2.60. The molecule has 0 unspecified atom stereocenters. The van der Waals surface area contributed by atoms with E-state index in [9.17, 15) is 9.18 Å². The van der Waals surface area contributed by atoms with Gasteiger partial charge in [0.05, 0.1) is 26.5 Å². The number of hydrogen-bond donors (Lipinski definition) is 1. The summed E-state index contributed by atoms with van der Waals surface area (Å²) in [7, 11) is 3.15. The quantitative estimate of drug-likeness (QED) is 0.792. The van der Waals surface area contributed by atoms with Crippen molar-refractivity contribution >= 4 is 11.6 Å². The monoisotopic (exact) mass is 387 g/mol. The Morgan fingerprint density at radius 2 is 1.68 bits per heavy atom. The minimum atomic E-state index is -0.215. The van der Waals surface area contributed by atoms with E-state index in [2.05, 4.69) is 15.1 Å². The highest BCUT2D eigenvalue weighted by atomic mass is 19.1. The zero-order valence-corrected chi connectivity index (χ0v) is 16.3. The van der Waals surface area contributed by atoms with Crippen molar-refractivity contribution in [3.63, 3.8) is 0 Å². The fourth-order valence-electron chi connectivity index (χ4n) is 3.25. The molecule has 1 aliphatic rings. The third kappa shape index (κ3) is 5.43. The van der Waals surface area contributed by atoms with Gasteiger partial charge in [-0.15, -0.1) is 0 Å². The van der Waals surface area contributed by atoms with Crippen LogP contribution in [-0.4, -0.2) is 62.7 Å². The zero-order valence-electron chi connectivity index (χ0n) is 16.3. The van der Waals surface area contributed by atoms with Crippen molar-refractivity contribution in [2.75, 3.05) is 52.3 Å². The zero-order chi connectivity index (χ0) is 19.9. The molecule has 0 atom stereocenters. The molecule has 0 aromatic heterocycles. The van der Waals surface area contributed by atoms with E-state index in [1.54, 1.807) is 32.4 Å². The summed E-state index contributed by atoms with van der Waals surface area (Å²) in [5.74, 6) is 0.951. The highest BCUT2D eigenvalue weighted by Gasteiger charge is 2.19. The molecule has 2 aromatic carbocycles. The number of methoxy groups -OCH3 is 2. The van der Waals surface area contributed by atoms with Gasteiger partial charge in [0.15, 0.2) is 0 Å². The van der Waals surface area contributed by atoms with Crippen LogP contribution in [0.1, 0.15) is 5.56 Å². The number of anilines is 1. The van der Waals surface area contributed by atoms with Gasteiger partial charge in [-0.05, 0) is 29.8 Å². The normalized spacial score (nSPS) is 15.2. The van der Waals surface area contributed by atoms with Crippen molar-refractivity contribution in [1.29, 1.82) is 0 Å². The second kappa shape index (κ2) is 9.52. The topological polar surface area (TPSA) is 54.0 Å². The van der Waals surface area contributed by atoms with Crippen molar-refractivity contribution in [1.82, 2.24) is 9.80 Å². The van der Waals surface area contributed by atoms with Crippen molar-refractivity contribution in [3.05, 3.63) is 53.8 Å². The molecule has 0 aliphatic carbocycles. The molecule has 6 nitrogen and oxygen atoms in total. The summed E-state index contributed by atoms with van der Waals surface area (Å²) in [5.41, 5.74) is 1.72. The lowest BCUT2D eigenvalue weighted by Gasteiger charge is -2.34. The van der Waals surface area contributed by atoms with Gasteiger partial charge in [-0.1, -0.05) is 12.1 Å². The maximum Gasteiger partial charge on any atom is 0.238 e. The van der Waals surface area contributed by atoms with Crippen LogP contribution >= 0.6 is 0 Å². The maximum absolute atomic E-state index is 13.0. The maximum atomic E-state index is 13.0. The van der Waals surface area contributed by atoms with Gasteiger partial charge in [0.1, 0.15) is 17.3 Å². The first-order chi connectivity index (χ1) is 13.6. The van der Waals surface area contributed by atoms with Crippen LogP contribution in [0.15, 0.2) is 42.5 Å². The molecule has 150 valence electrons. The highest BCUT2D eigenvalue weighted by molar-refractivity contribution is 5.93. The lowest BCUT2D eigenvalue weighted by atomic mass is 10.2. The average Bonchev–Trinajstić information content (AvgIpc) is 2.71. The van der Waals surface area contributed by atoms with Crippen LogP contribution in [0.5, 0.6) is 11.5 Å². The molecule has 1 fully saturated rings. The van der Waals surface area contributed by atoms with Gasteiger partial charge in [-0.25, -0.2) is 4.39 Å². The largest absolute Gasteiger partial charge is 0.497 e. The first-order valence-corrected chi connectivity index (χ1v) is 9.28. The van der Waals surface area contributed by atoms with E-state index in [-0.39, 0.29) is 11.7 Å². The smallest absolute Gasteiger partial charge is 0.238 e. The summed E-state index contributed by atoms with van der Waals surface area (Å²) in [6.07, 6.45) is 0. The van der Waals surface area contributed by atoms with Gasteiger partial charge >= 0.3 is 0 Å². The van der Waals surface area contributed by atoms with Gasteiger partial charge in [0, 0.05) is 38.8 Å². The van der Waals surface area contributed by atoms with Gasteiger partial charge in [0.2, 0.25) is 5.91 Å². The molecule has 1 amide bonds. The predicted molar refractivity (Wildman–Crippen MR) is 106 cm³/mol. The van der Waals surface area contributed by atoms with Crippen LogP contribution in [0.25, 0.3) is 0 Å². The summed E-state index contributed by atoms with van der Waals surface area (Å²) >= 11 is 0. The summed E-state index contributed by atoms with van der Waals surface area (Å²) in [6.45, 7) is 4.50. The van der Waals surface area contributed by atoms with Crippen LogP contribution < -0.4 is 14.8 Å². The van der Waals surface area contributed by atoms with E-state index in [0.29, 0.717) is 23.7 Å². The molecule has 1 heterocycles. The van der Waals surface area contributed by atoms with E-state index in [0.717, 1.165) is 38.3 Å². The summed E-state index contributed by atoms with van der Waals surface area (Å²) in [4.78, 5) is 16.9. The van der Waals surface area contributed by atoms with E-state index < -0.39 is 0 Å². The van der Waals surface area contributed by atoms with Gasteiger partial charge < -0.3 is 14.8 Å². The highest BCUT2D eigenvalue weighted by Crippen LogP contribution is 2.28. The molecule has 1 saturated heterocycles. The van der Waals surface area contributed by atoms with Crippen molar-refractivity contribution in [3.8, 4) is 11.5 Å². The van der Waals surface area contributed by atoms with Gasteiger partial charge in [-0.2, -0.15) is 0 Å². The van der Waals surface area contributed by atoms with Crippen LogP contribution in [0.3, 0.4) is 0 Å². The molecule has 1 N–H and O–H groups in total. The molecule has 0 spiro atoms. The molecular weight excluding hydrogens is 361 g/mol. The third-order valence-electron chi connectivity index (χ3n) is 4.83. The molecule has 1 aliphatic heterocycles. The van der Waals surface area contributed by atoms with E-state index >= 15 is 0 Å². The van der Waals surface area contributed by atoms with Crippen LogP contribution in [0.2, 0.25) is 0 Å². The number of carbonyl (C=O) groups is 1. The van der Waals surface area contributed by atoms with Crippen molar-refractivity contribution < 1.29 is 18.7 Å². The Morgan fingerprint density at radius 1 is 1.00 bits per heavy atom. The van der Waals surface area contributed by atoms with E-state index in [1.165, 1.54) is 12.1 Å². The molecule has 0 bridgehead atoms. The first-order valence-electron chi connectivity index (χ1n) is 9.28. The third-order valence-corrected chi connectivity index (χ3v) is 4.83. The number of benzene rings is 2. The Labute approximate surface area is 164 Å². The molecule has 28 heavy (non-hydrogen) atoms. The Hall–Kier alpha value is -2.64. The first kappa shape index (κ1) is 20.1. The molecule has 0 radical (unpaired) electrons. The van der Waals surface area contributed by atoms with Gasteiger partial charge in [-0.3, -0.25) is 14.6 Å². The number of piperazine rings is 1. The summed E-state index contributed by atoms with van der Waals surface area (Å²) < 4.78 is 23.5. The number of amides is 1. The van der Waals surface area contributed by atoms with Crippen LogP contribution in [0, 0.1) is 5.82 Å². The summed E-state index contributed by atoms with van der Waals surface area (Å²) in [6, 6.07) is 11.9. The number of nitrogens with zero attached hydrogens (tertiary/aromatic N) is 2. The second-order valence-electron chi connectivity index (χ2n) is 6.79. The minimum absolute atomic E-state index is 0.0737. The lowest BCUT2D eigenvalue weighted by Crippen LogP contribution is -2.48. The van der Waals surface area contributed by atoms with Crippen LogP contribution in [-0.2, 0) is 11.3 Å². The number of rotatable bonds is 7. The lowest BCUT2D eigenvalue weighted by molar-refractivity contribution is -0.117.